The zero-order valence-electron chi connectivity index (χ0n) is 13.4. The molecule has 1 saturated heterocycles. The molecule has 122 valence electrons. The van der Waals surface area contributed by atoms with Crippen LogP contribution < -0.4 is 5.32 Å². The van der Waals surface area contributed by atoms with Crippen LogP contribution in [-0.4, -0.2) is 30.4 Å². The van der Waals surface area contributed by atoms with Crippen LogP contribution in [-0.2, 0) is 0 Å². The van der Waals surface area contributed by atoms with Crippen LogP contribution in [0.15, 0.2) is 47.8 Å². The van der Waals surface area contributed by atoms with Crippen molar-refractivity contribution < 1.29 is 4.79 Å². The SMILES string of the molecule is O=C(NCC(c1cccs1)N1CCCCCC1)c1ccccc1. The Bertz CT molecular complexity index is 589. The fourth-order valence-corrected chi connectivity index (χ4v) is 4.04. The minimum Gasteiger partial charge on any atom is -0.350 e. The van der Waals surface area contributed by atoms with Crippen LogP contribution in [0.1, 0.15) is 47.0 Å². The zero-order chi connectivity index (χ0) is 15.9. The average molecular weight is 328 g/mol. The maximum Gasteiger partial charge on any atom is 0.251 e. The van der Waals surface area contributed by atoms with Gasteiger partial charge in [-0.15, -0.1) is 11.3 Å². The van der Waals surface area contributed by atoms with Crippen molar-refractivity contribution in [2.45, 2.75) is 31.7 Å². The fourth-order valence-electron chi connectivity index (χ4n) is 3.18. The first-order valence-electron chi connectivity index (χ1n) is 8.45. The quantitative estimate of drug-likeness (QED) is 0.896. The third kappa shape index (κ3) is 4.43. The molecule has 2 aromatic rings. The van der Waals surface area contributed by atoms with Crippen molar-refractivity contribution in [3.63, 3.8) is 0 Å². The first-order chi connectivity index (χ1) is 11.3. The monoisotopic (exact) mass is 328 g/mol. The minimum atomic E-state index is 0.0157. The summed E-state index contributed by atoms with van der Waals surface area (Å²) in [5.74, 6) is 0.0157. The molecule has 23 heavy (non-hydrogen) atoms. The van der Waals surface area contributed by atoms with Gasteiger partial charge in [-0.05, 0) is 49.5 Å². The van der Waals surface area contributed by atoms with Gasteiger partial charge < -0.3 is 5.32 Å². The predicted octanol–water partition coefficient (Wildman–Crippen LogP) is 4.10. The van der Waals surface area contributed by atoms with Crippen molar-refractivity contribution in [3.8, 4) is 0 Å². The molecule has 1 atom stereocenters. The molecule has 4 heteroatoms. The van der Waals surface area contributed by atoms with E-state index in [9.17, 15) is 4.79 Å². The summed E-state index contributed by atoms with van der Waals surface area (Å²) in [4.78, 5) is 16.2. The lowest BCUT2D eigenvalue weighted by molar-refractivity contribution is 0.0934. The van der Waals surface area contributed by atoms with E-state index >= 15 is 0 Å². The van der Waals surface area contributed by atoms with Gasteiger partial charge in [-0.3, -0.25) is 9.69 Å². The summed E-state index contributed by atoms with van der Waals surface area (Å²) in [6.45, 7) is 2.93. The molecule has 1 N–H and O–H groups in total. The second-order valence-electron chi connectivity index (χ2n) is 6.06. The molecule has 1 aromatic heterocycles. The second kappa shape index (κ2) is 8.27. The van der Waals surface area contributed by atoms with E-state index in [1.54, 1.807) is 11.3 Å². The first kappa shape index (κ1) is 16.2. The number of rotatable bonds is 5. The number of benzene rings is 1. The molecule has 1 amide bonds. The van der Waals surface area contributed by atoms with E-state index in [-0.39, 0.29) is 5.91 Å². The van der Waals surface area contributed by atoms with Gasteiger partial charge in [-0.1, -0.05) is 37.1 Å². The Morgan fingerprint density at radius 3 is 2.43 bits per heavy atom. The van der Waals surface area contributed by atoms with Gasteiger partial charge in [-0.2, -0.15) is 0 Å². The van der Waals surface area contributed by atoms with E-state index < -0.39 is 0 Å². The van der Waals surface area contributed by atoms with E-state index in [4.69, 9.17) is 0 Å². The van der Waals surface area contributed by atoms with E-state index in [1.807, 2.05) is 30.3 Å². The number of hydrogen-bond donors (Lipinski definition) is 1. The van der Waals surface area contributed by atoms with Gasteiger partial charge in [0.1, 0.15) is 0 Å². The smallest absolute Gasteiger partial charge is 0.251 e. The Morgan fingerprint density at radius 2 is 1.78 bits per heavy atom. The van der Waals surface area contributed by atoms with Crippen LogP contribution in [0.5, 0.6) is 0 Å². The van der Waals surface area contributed by atoms with Crippen LogP contribution >= 0.6 is 11.3 Å². The number of likely N-dealkylation sites (tertiary alicyclic amines) is 1. The predicted molar refractivity (Wildman–Crippen MR) is 95.9 cm³/mol. The Morgan fingerprint density at radius 1 is 1.04 bits per heavy atom. The molecule has 3 nitrogen and oxygen atoms in total. The number of carbonyl (C=O) groups is 1. The van der Waals surface area contributed by atoms with Crippen LogP contribution in [0.3, 0.4) is 0 Å². The first-order valence-corrected chi connectivity index (χ1v) is 9.33. The third-order valence-corrected chi connectivity index (χ3v) is 5.42. The molecular formula is C19H24N2OS. The van der Waals surface area contributed by atoms with Crippen molar-refractivity contribution in [1.29, 1.82) is 0 Å². The number of carbonyl (C=O) groups excluding carboxylic acids is 1. The Kier molecular flexibility index (Phi) is 5.83. The summed E-state index contributed by atoms with van der Waals surface area (Å²) in [6, 6.07) is 14.0. The van der Waals surface area contributed by atoms with Gasteiger partial charge >= 0.3 is 0 Å². The van der Waals surface area contributed by atoms with Crippen LogP contribution in [0.4, 0.5) is 0 Å². The Balaban J connectivity index is 1.67. The third-order valence-electron chi connectivity index (χ3n) is 4.44. The van der Waals surface area contributed by atoms with Crippen molar-refractivity contribution in [2.24, 2.45) is 0 Å². The highest BCUT2D eigenvalue weighted by Crippen LogP contribution is 2.27. The Labute approximate surface area is 142 Å². The van der Waals surface area contributed by atoms with Crippen molar-refractivity contribution in [1.82, 2.24) is 10.2 Å². The lowest BCUT2D eigenvalue weighted by Crippen LogP contribution is -2.38. The van der Waals surface area contributed by atoms with Gasteiger partial charge in [0.05, 0.1) is 6.04 Å². The second-order valence-corrected chi connectivity index (χ2v) is 7.04. The highest BCUT2D eigenvalue weighted by Gasteiger charge is 2.23. The molecule has 1 fully saturated rings. The highest BCUT2D eigenvalue weighted by atomic mass is 32.1. The zero-order valence-corrected chi connectivity index (χ0v) is 14.2. The Hall–Kier alpha value is -1.65. The summed E-state index contributed by atoms with van der Waals surface area (Å²) in [6.07, 6.45) is 5.16. The topological polar surface area (TPSA) is 32.3 Å². The number of hydrogen-bond acceptors (Lipinski definition) is 3. The normalized spacial score (nSPS) is 17.4. The summed E-state index contributed by atoms with van der Waals surface area (Å²) >= 11 is 1.79. The lowest BCUT2D eigenvalue weighted by atomic mass is 10.1. The molecule has 0 spiro atoms. The average Bonchev–Trinajstić information content (AvgIpc) is 2.99. The van der Waals surface area contributed by atoms with Crippen LogP contribution in [0.25, 0.3) is 0 Å². The molecule has 1 aromatic carbocycles. The minimum absolute atomic E-state index is 0.0157. The lowest BCUT2D eigenvalue weighted by Gasteiger charge is -2.30. The molecule has 0 radical (unpaired) electrons. The van der Waals surface area contributed by atoms with Crippen molar-refractivity contribution in [2.75, 3.05) is 19.6 Å². The number of nitrogens with one attached hydrogen (secondary N) is 1. The van der Waals surface area contributed by atoms with Gasteiger partial charge in [-0.25, -0.2) is 0 Å². The molecule has 1 aliphatic heterocycles. The maximum absolute atomic E-state index is 12.3. The maximum atomic E-state index is 12.3. The van der Waals surface area contributed by atoms with Crippen molar-refractivity contribution in [3.05, 3.63) is 58.3 Å². The van der Waals surface area contributed by atoms with Gasteiger partial charge in [0.2, 0.25) is 0 Å². The standard InChI is InChI=1S/C19H24N2OS/c22-19(16-9-4-3-5-10-16)20-15-17(18-11-8-14-23-18)21-12-6-1-2-7-13-21/h3-5,8-11,14,17H,1-2,6-7,12-13,15H2,(H,20,22). The number of thiophene rings is 1. The molecule has 1 aliphatic rings. The molecule has 0 bridgehead atoms. The van der Waals surface area contributed by atoms with E-state index in [0.29, 0.717) is 12.6 Å². The largest absolute Gasteiger partial charge is 0.350 e. The van der Waals surface area contributed by atoms with Gasteiger partial charge in [0.25, 0.3) is 5.91 Å². The molecular weight excluding hydrogens is 304 g/mol. The van der Waals surface area contributed by atoms with Crippen molar-refractivity contribution >= 4 is 17.2 Å². The van der Waals surface area contributed by atoms with E-state index in [2.05, 4.69) is 27.7 Å². The van der Waals surface area contributed by atoms with Gasteiger partial charge in [0.15, 0.2) is 0 Å². The fraction of sp³-hybridized carbons (Fsp3) is 0.421. The molecule has 3 rings (SSSR count). The van der Waals surface area contributed by atoms with Gasteiger partial charge in [0, 0.05) is 17.0 Å². The number of amides is 1. The van der Waals surface area contributed by atoms with Crippen LogP contribution in [0, 0.1) is 0 Å². The van der Waals surface area contributed by atoms with Crippen LogP contribution in [0.2, 0.25) is 0 Å². The van der Waals surface area contributed by atoms with E-state index in [1.165, 1.54) is 30.6 Å². The van der Waals surface area contributed by atoms with E-state index in [0.717, 1.165) is 18.7 Å². The number of nitrogens with zero attached hydrogens (tertiary/aromatic N) is 1. The molecule has 2 heterocycles. The summed E-state index contributed by atoms with van der Waals surface area (Å²) in [5, 5.41) is 5.26. The highest BCUT2D eigenvalue weighted by molar-refractivity contribution is 7.10. The summed E-state index contributed by atoms with van der Waals surface area (Å²) in [5.41, 5.74) is 0.730. The summed E-state index contributed by atoms with van der Waals surface area (Å²) < 4.78 is 0. The summed E-state index contributed by atoms with van der Waals surface area (Å²) in [7, 11) is 0. The molecule has 0 saturated carbocycles. The molecule has 0 aliphatic carbocycles. The molecule has 1 unspecified atom stereocenters.